The molecule has 0 spiro atoms. The highest BCUT2D eigenvalue weighted by Gasteiger charge is 2.08. The van der Waals surface area contributed by atoms with E-state index in [0.29, 0.717) is 32.5 Å². The molecular weight excluding hydrogens is 341 g/mol. The summed E-state index contributed by atoms with van der Waals surface area (Å²) >= 11 is 11.8. The van der Waals surface area contributed by atoms with Gasteiger partial charge in [-0.25, -0.2) is 4.79 Å². The molecule has 3 aromatic rings. The Morgan fingerprint density at radius 1 is 1.09 bits per heavy atom. The maximum Gasteiger partial charge on any atom is 0.323 e. The van der Waals surface area contributed by atoms with Crippen LogP contribution in [0.2, 0.25) is 10.0 Å². The van der Waals surface area contributed by atoms with Gasteiger partial charge in [-0.1, -0.05) is 23.2 Å². The van der Waals surface area contributed by atoms with E-state index in [-0.39, 0.29) is 18.2 Å². The van der Waals surface area contributed by atoms with E-state index in [9.17, 15) is 9.59 Å². The maximum absolute atomic E-state index is 11.9. The Hall–Kier alpha value is -2.44. The third-order valence-electron chi connectivity index (χ3n) is 3.05. The average molecular weight is 352 g/mol. The highest BCUT2D eigenvalue weighted by Crippen LogP contribution is 2.27. The Bertz CT molecular complexity index is 933. The molecule has 1 amide bonds. The number of rotatable bonds is 4. The fraction of sp³-hybridized carbons (Fsp3) is 0.0667. The van der Waals surface area contributed by atoms with Crippen LogP contribution in [0, 0.1) is 0 Å². The first-order valence-electron chi connectivity index (χ1n) is 6.61. The van der Waals surface area contributed by atoms with Gasteiger partial charge in [0.1, 0.15) is 5.75 Å². The van der Waals surface area contributed by atoms with Crippen LogP contribution in [0.3, 0.4) is 0 Å². The van der Waals surface area contributed by atoms with E-state index in [1.807, 2.05) is 0 Å². The number of carbonyl (C=O) groups is 1. The zero-order valence-corrected chi connectivity index (χ0v) is 13.2. The van der Waals surface area contributed by atoms with Gasteiger partial charge in [0.25, 0.3) is 5.91 Å². The molecule has 8 heteroatoms. The topological polar surface area (TPSA) is 87.0 Å². The summed E-state index contributed by atoms with van der Waals surface area (Å²) in [7, 11) is 0. The monoisotopic (exact) mass is 351 g/mol. The van der Waals surface area contributed by atoms with Crippen molar-refractivity contribution in [2.24, 2.45) is 0 Å². The molecule has 23 heavy (non-hydrogen) atoms. The molecule has 0 bridgehead atoms. The fourth-order valence-electron chi connectivity index (χ4n) is 2.04. The SMILES string of the molecule is O=C(COc1ccc(Cl)cc1Cl)Nc1ccc2[nH]c(=O)[nH]c2c1. The summed E-state index contributed by atoms with van der Waals surface area (Å²) in [5, 5.41) is 3.49. The van der Waals surface area contributed by atoms with E-state index in [0.717, 1.165) is 0 Å². The van der Waals surface area contributed by atoms with Crippen molar-refractivity contribution in [3.05, 3.63) is 56.9 Å². The Morgan fingerprint density at radius 2 is 1.87 bits per heavy atom. The molecule has 0 atom stereocenters. The normalized spacial score (nSPS) is 10.7. The highest BCUT2D eigenvalue weighted by atomic mass is 35.5. The van der Waals surface area contributed by atoms with E-state index in [1.54, 1.807) is 30.3 Å². The average Bonchev–Trinajstić information content (AvgIpc) is 2.85. The number of hydrogen-bond acceptors (Lipinski definition) is 3. The number of aromatic amines is 2. The first-order valence-corrected chi connectivity index (χ1v) is 7.36. The van der Waals surface area contributed by atoms with Crippen molar-refractivity contribution >= 4 is 45.8 Å². The number of imidazole rings is 1. The van der Waals surface area contributed by atoms with E-state index < -0.39 is 0 Å². The van der Waals surface area contributed by atoms with Gasteiger partial charge in [-0.15, -0.1) is 0 Å². The van der Waals surface area contributed by atoms with Gasteiger partial charge < -0.3 is 20.0 Å². The number of benzene rings is 2. The molecule has 0 aliphatic heterocycles. The summed E-state index contributed by atoms with van der Waals surface area (Å²) in [5.41, 5.74) is 1.51. The van der Waals surface area contributed by atoms with Crippen LogP contribution in [-0.2, 0) is 4.79 Å². The molecule has 0 fully saturated rings. The van der Waals surface area contributed by atoms with Crippen molar-refractivity contribution in [1.29, 1.82) is 0 Å². The maximum atomic E-state index is 11.9. The minimum atomic E-state index is -0.353. The molecule has 0 aliphatic carbocycles. The van der Waals surface area contributed by atoms with Crippen LogP contribution in [0.5, 0.6) is 5.75 Å². The van der Waals surface area contributed by atoms with Crippen molar-refractivity contribution in [3.8, 4) is 5.75 Å². The van der Waals surface area contributed by atoms with Crippen LogP contribution in [0.1, 0.15) is 0 Å². The van der Waals surface area contributed by atoms with Crippen molar-refractivity contribution in [1.82, 2.24) is 9.97 Å². The number of fused-ring (bicyclic) bond motifs is 1. The summed E-state index contributed by atoms with van der Waals surface area (Å²) in [5.74, 6) is 0.0184. The van der Waals surface area contributed by atoms with Crippen LogP contribution in [-0.4, -0.2) is 22.5 Å². The Morgan fingerprint density at radius 3 is 2.65 bits per heavy atom. The number of H-pyrrole nitrogens is 2. The summed E-state index contributed by atoms with van der Waals surface area (Å²) in [4.78, 5) is 28.4. The van der Waals surface area contributed by atoms with Crippen molar-refractivity contribution in [3.63, 3.8) is 0 Å². The van der Waals surface area contributed by atoms with Crippen LogP contribution >= 0.6 is 23.2 Å². The van der Waals surface area contributed by atoms with Gasteiger partial charge in [0, 0.05) is 10.7 Å². The van der Waals surface area contributed by atoms with Crippen LogP contribution in [0.15, 0.2) is 41.2 Å². The van der Waals surface area contributed by atoms with E-state index >= 15 is 0 Å². The van der Waals surface area contributed by atoms with Gasteiger partial charge in [0.05, 0.1) is 16.1 Å². The van der Waals surface area contributed by atoms with Crippen molar-refractivity contribution in [2.75, 3.05) is 11.9 Å². The lowest BCUT2D eigenvalue weighted by atomic mass is 10.3. The predicted octanol–water partition coefficient (Wildman–Crippen LogP) is 3.18. The predicted molar refractivity (Wildman–Crippen MR) is 89.5 cm³/mol. The third kappa shape index (κ3) is 3.67. The van der Waals surface area contributed by atoms with Crippen molar-refractivity contribution < 1.29 is 9.53 Å². The first kappa shape index (κ1) is 15.5. The van der Waals surface area contributed by atoms with Gasteiger partial charge >= 0.3 is 5.69 Å². The molecule has 0 saturated heterocycles. The molecule has 1 aromatic heterocycles. The molecule has 118 valence electrons. The number of halogens is 2. The molecule has 0 unspecified atom stereocenters. The number of anilines is 1. The molecule has 0 aliphatic rings. The number of nitrogens with one attached hydrogen (secondary N) is 3. The van der Waals surface area contributed by atoms with Crippen LogP contribution < -0.4 is 15.7 Å². The second kappa shape index (κ2) is 6.36. The number of hydrogen-bond donors (Lipinski definition) is 3. The second-order valence-electron chi connectivity index (χ2n) is 4.75. The van der Waals surface area contributed by atoms with E-state index in [2.05, 4.69) is 15.3 Å². The number of amides is 1. The Labute approximate surface area is 140 Å². The van der Waals surface area contributed by atoms with Crippen LogP contribution in [0.25, 0.3) is 11.0 Å². The number of ether oxygens (including phenoxy) is 1. The van der Waals surface area contributed by atoms with Gasteiger partial charge in [-0.05, 0) is 36.4 Å². The zero-order valence-electron chi connectivity index (χ0n) is 11.7. The standard InChI is InChI=1S/C15H11Cl2N3O3/c16-8-1-4-13(10(17)5-8)23-7-14(21)18-9-2-3-11-12(6-9)20-15(22)19-11/h1-6H,7H2,(H,18,21)(H2,19,20,22). The minimum Gasteiger partial charge on any atom is -0.482 e. The molecule has 1 heterocycles. The van der Waals surface area contributed by atoms with E-state index in [4.69, 9.17) is 27.9 Å². The van der Waals surface area contributed by atoms with Crippen LogP contribution in [0.4, 0.5) is 5.69 Å². The summed E-state index contributed by atoms with van der Waals surface area (Å²) in [6.45, 7) is -0.205. The number of aromatic nitrogens is 2. The molecule has 3 rings (SSSR count). The number of carbonyl (C=O) groups excluding carboxylic acids is 1. The lowest BCUT2D eigenvalue weighted by Gasteiger charge is -2.09. The molecular formula is C15H11Cl2N3O3. The largest absolute Gasteiger partial charge is 0.482 e. The first-order chi connectivity index (χ1) is 11.0. The lowest BCUT2D eigenvalue weighted by Crippen LogP contribution is -2.20. The Balaban J connectivity index is 1.64. The molecule has 3 N–H and O–H groups in total. The summed E-state index contributed by atoms with van der Waals surface area (Å²) in [6.07, 6.45) is 0. The van der Waals surface area contributed by atoms with Gasteiger partial charge in [-0.3, -0.25) is 4.79 Å². The fourth-order valence-corrected chi connectivity index (χ4v) is 2.51. The van der Waals surface area contributed by atoms with Gasteiger partial charge in [0.2, 0.25) is 0 Å². The molecule has 2 aromatic carbocycles. The summed E-state index contributed by atoms with van der Waals surface area (Å²) < 4.78 is 5.35. The molecule has 0 saturated carbocycles. The smallest absolute Gasteiger partial charge is 0.323 e. The van der Waals surface area contributed by atoms with Gasteiger partial charge in [0.15, 0.2) is 6.61 Å². The molecule has 0 radical (unpaired) electrons. The summed E-state index contributed by atoms with van der Waals surface area (Å²) in [6, 6.07) is 9.78. The van der Waals surface area contributed by atoms with E-state index in [1.165, 1.54) is 6.07 Å². The highest BCUT2D eigenvalue weighted by molar-refractivity contribution is 6.35. The lowest BCUT2D eigenvalue weighted by molar-refractivity contribution is -0.118. The van der Waals surface area contributed by atoms with Gasteiger partial charge in [-0.2, -0.15) is 0 Å². The minimum absolute atomic E-state index is 0.205. The van der Waals surface area contributed by atoms with Crippen molar-refractivity contribution in [2.45, 2.75) is 0 Å². The third-order valence-corrected chi connectivity index (χ3v) is 3.58. The quantitative estimate of drug-likeness (QED) is 0.674. The Kier molecular flexibility index (Phi) is 4.27. The zero-order chi connectivity index (χ0) is 16.4. The molecule has 6 nitrogen and oxygen atoms in total. The second-order valence-corrected chi connectivity index (χ2v) is 5.59.